The van der Waals surface area contributed by atoms with Crippen LogP contribution in [0.15, 0.2) is 40.1 Å². The lowest BCUT2D eigenvalue weighted by molar-refractivity contribution is -0.140. The highest BCUT2D eigenvalue weighted by Crippen LogP contribution is 2.20. The maximum Gasteiger partial charge on any atom is 0.323 e. The Balaban J connectivity index is 2.28. The van der Waals surface area contributed by atoms with Crippen LogP contribution in [0.1, 0.15) is 5.56 Å². The van der Waals surface area contributed by atoms with Gasteiger partial charge in [-0.2, -0.15) is 0 Å². The third kappa shape index (κ3) is 3.29. The highest BCUT2D eigenvalue weighted by molar-refractivity contribution is 6.15. The van der Waals surface area contributed by atoms with Gasteiger partial charge in [0.2, 0.25) is 0 Å². The second-order valence-electron chi connectivity index (χ2n) is 4.33. The number of benzene rings is 1. The molecular formula is C13H12N6O3. The molecule has 2 rings (SSSR count). The molecule has 0 aromatic heterocycles. The van der Waals surface area contributed by atoms with E-state index in [4.69, 9.17) is 16.4 Å². The normalized spacial score (nSPS) is 15.7. The Morgan fingerprint density at radius 3 is 2.68 bits per heavy atom. The molecule has 22 heavy (non-hydrogen) atoms. The van der Waals surface area contributed by atoms with Crippen molar-refractivity contribution in [1.29, 1.82) is 0 Å². The van der Waals surface area contributed by atoms with Crippen molar-refractivity contribution >= 4 is 29.5 Å². The van der Waals surface area contributed by atoms with Crippen LogP contribution in [0.5, 0.6) is 0 Å². The molecule has 1 aliphatic rings. The van der Waals surface area contributed by atoms with Crippen molar-refractivity contribution in [2.45, 2.75) is 0 Å². The number of amides is 1. The zero-order chi connectivity index (χ0) is 16.1. The minimum Gasteiger partial charge on any atom is -0.480 e. The molecule has 1 amide bonds. The Labute approximate surface area is 125 Å². The fourth-order valence-corrected chi connectivity index (χ4v) is 1.90. The van der Waals surface area contributed by atoms with Gasteiger partial charge in [-0.3, -0.25) is 14.5 Å². The Hall–Kier alpha value is -3.16. The number of carboxylic acids is 1. The van der Waals surface area contributed by atoms with Gasteiger partial charge in [0, 0.05) is 10.6 Å². The summed E-state index contributed by atoms with van der Waals surface area (Å²) < 4.78 is 0. The Morgan fingerprint density at radius 2 is 2.14 bits per heavy atom. The summed E-state index contributed by atoms with van der Waals surface area (Å²) in [5.41, 5.74) is 15.0. The van der Waals surface area contributed by atoms with Gasteiger partial charge >= 0.3 is 5.97 Å². The van der Waals surface area contributed by atoms with E-state index in [1.165, 1.54) is 6.08 Å². The summed E-state index contributed by atoms with van der Waals surface area (Å²) in [6.07, 6.45) is 1.51. The molecule has 1 heterocycles. The molecule has 112 valence electrons. The predicted octanol–water partition coefficient (Wildman–Crippen LogP) is 1.25. The van der Waals surface area contributed by atoms with Crippen LogP contribution in [0.25, 0.3) is 16.5 Å². The van der Waals surface area contributed by atoms with E-state index in [9.17, 15) is 9.59 Å². The van der Waals surface area contributed by atoms with Gasteiger partial charge in [0.1, 0.15) is 18.1 Å². The van der Waals surface area contributed by atoms with Crippen molar-refractivity contribution < 1.29 is 14.7 Å². The molecule has 1 aliphatic heterocycles. The largest absolute Gasteiger partial charge is 0.480 e. The molecule has 0 unspecified atom stereocenters. The van der Waals surface area contributed by atoms with Crippen LogP contribution in [0.2, 0.25) is 0 Å². The van der Waals surface area contributed by atoms with Gasteiger partial charge in [-0.1, -0.05) is 29.4 Å². The van der Waals surface area contributed by atoms with E-state index in [1.807, 2.05) is 0 Å². The van der Waals surface area contributed by atoms with Crippen LogP contribution in [-0.2, 0) is 9.59 Å². The first kappa shape index (κ1) is 15.2. The van der Waals surface area contributed by atoms with Crippen LogP contribution in [-0.4, -0.2) is 40.8 Å². The van der Waals surface area contributed by atoms with Gasteiger partial charge in [-0.25, -0.2) is 4.99 Å². The van der Waals surface area contributed by atoms with Gasteiger partial charge in [0.25, 0.3) is 5.91 Å². The summed E-state index contributed by atoms with van der Waals surface area (Å²) in [7, 11) is 0. The topological polar surface area (TPSA) is 145 Å². The Kier molecular flexibility index (Phi) is 4.52. The number of azide groups is 1. The van der Waals surface area contributed by atoms with Gasteiger partial charge in [0.05, 0.1) is 6.54 Å². The number of amidine groups is 1. The van der Waals surface area contributed by atoms with E-state index in [1.54, 1.807) is 24.3 Å². The van der Waals surface area contributed by atoms with E-state index >= 15 is 0 Å². The van der Waals surface area contributed by atoms with E-state index < -0.39 is 18.4 Å². The molecular weight excluding hydrogens is 288 g/mol. The van der Waals surface area contributed by atoms with E-state index in [-0.39, 0.29) is 18.1 Å². The van der Waals surface area contributed by atoms with Gasteiger partial charge in [-0.15, -0.1) is 0 Å². The molecule has 0 fully saturated rings. The van der Waals surface area contributed by atoms with E-state index in [0.29, 0.717) is 11.3 Å². The number of hydrogen-bond acceptors (Lipinski definition) is 5. The standard InChI is InChI=1S/C13H12N6O3/c14-6-11-16-10(13(22)19(11)7-12(20)21)5-8-1-3-9(4-2-8)17-18-15/h1-5H,6-7,14H2,(H,20,21)/b10-5-. The maximum atomic E-state index is 12.1. The number of nitrogens with zero attached hydrogens (tertiary/aromatic N) is 5. The monoisotopic (exact) mass is 300 g/mol. The Bertz CT molecular complexity index is 716. The number of carbonyl (C=O) groups excluding carboxylic acids is 1. The first-order valence-electron chi connectivity index (χ1n) is 6.23. The summed E-state index contributed by atoms with van der Waals surface area (Å²) in [6, 6.07) is 6.49. The molecule has 0 radical (unpaired) electrons. The molecule has 1 aromatic rings. The van der Waals surface area contributed by atoms with Crippen LogP contribution in [0, 0.1) is 0 Å². The summed E-state index contributed by atoms with van der Waals surface area (Å²) in [6.45, 7) is -0.520. The van der Waals surface area contributed by atoms with Crippen LogP contribution in [0.4, 0.5) is 5.69 Å². The molecule has 0 saturated heterocycles. The molecule has 3 N–H and O–H groups in total. The number of carboxylic acid groups (broad SMARTS) is 1. The molecule has 0 atom stereocenters. The Morgan fingerprint density at radius 1 is 1.45 bits per heavy atom. The smallest absolute Gasteiger partial charge is 0.323 e. The molecule has 1 aromatic carbocycles. The fraction of sp³-hybridized carbons (Fsp3) is 0.154. The minimum absolute atomic E-state index is 0.0355. The van der Waals surface area contributed by atoms with Gasteiger partial charge in [-0.05, 0) is 17.2 Å². The first-order valence-corrected chi connectivity index (χ1v) is 6.23. The molecule has 9 nitrogen and oxygen atoms in total. The SMILES string of the molecule is [N-]=[N+]=Nc1ccc(/C=C2\N=C(CN)N(CC(=O)O)C2=O)cc1. The summed E-state index contributed by atoms with van der Waals surface area (Å²) in [5.74, 6) is -1.44. The number of aliphatic imine (C=N–C) groups is 1. The summed E-state index contributed by atoms with van der Waals surface area (Å²) in [4.78, 5) is 30.7. The molecule has 0 saturated carbocycles. The van der Waals surface area contributed by atoms with E-state index in [0.717, 1.165) is 4.90 Å². The van der Waals surface area contributed by atoms with Gasteiger partial charge in [0.15, 0.2) is 0 Å². The molecule has 0 bridgehead atoms. The average molecular weight is 300 g/mol. The first-order chi connectivity index (χ1) is 10.5. The van der Waals surface area contributed by atoms with Gasteiger partial charge < -0.3 is 10.8 Å². The number of aliphatic carboxylic acids is 1. The zero-order valence-corrected chi connectivity index (χ0v) is 11.4. The number of hydrogen-bond donors (Lipinski definition) is 2. The van der Waals surface area contributed by atoms with Crippen molar-refractivity contribution in [3.8, 4) is 0 Å². The predicted molar refractivity (Wildman–Crippen MR) is 79.1 cm³/mol. The van der Waals surface area contributed by atoms with E-state index in [2.05, 4.69) is 15.0 Å². The van der Waals surface area contributed by atoms with Crippen molar-refractivity contribution in [2.24, 2.45) is 15.8 Å². The zero-order valence-electron chi connectivity index (χ0n) is 11.4. The molecule has 0 aliphatic carbocycles. The maximum absolute atomic E-state index is 12.1. The summed E-state index contributed by atoms with van der Waals surface area (Å²) >= 11 is 0. The number of rotatable bonds is 5. The van der Waals surface area contributed by atoms with Crippen molar-refractivity contribution in [2.75, 3.05) is 13.1 Å². The highest BCUT2D eigenvalue weighted by Gasteiger charge is 2.30. The lowest BCUT2D eigenvalue weighted by Crippen LogP contribution is -2.39. The van der Waals surface area contributed by atoms with Crippen molar-refractivity contribution in [3.05, 3.63) is 46.0 Å². The summed E-state index contributed by atoms with van der Waals surface area (Å²) in [5, 5.41) is 12.3. The van der Waals surface area contributed by atoms with Crippen LogP contribution in [0.3, 0.4) is 0 Å². The minimum atomic E-state index is -1.14. The number of nitrogens with two attached hydrogens (primary N) is 1. The lowest BCUT2D eigenvalue weighted by atomic mass is 10.2. The number of carbonyl (C=O) groups is 2. The molecule has 0 spiro atoms. The van der Waals surface area contributed by atoms with Crippen LogP contribution >= 0.6 is 0 Å². The van der Waals surface area contributed by atoms with Crippen molar-refractivity contribution in [3.63, 3.8) is 0 Å². The quantitative estimate of drug-likeness (QED) is 0.364. The average Bonchev–Trinajstić information content (AvgIpc) is 2.78. The second-order valence-corrected chi connectivity index (χ2v) is 4.33. The third-order valence-corrected chi connectivity index (χ3v) is 2.86. The third-order valence-electron chi connectivity index (χ3n) is 2.86. The highest BCUT2D eigenvalue weighted by atomic mass is 16.4. The van der Waals surface area contributed by atoms with Crippen LogP contribution < -0.4 is 5.73 Å². The fourth-order valence-electron chi connectivity index (χ4n) is 1.90. The molecule has 9 heteroatoms. The second kappa shape index (κ2) is 6.53. The lowest BCUT2D eigenvalue weighted by Gasteiger charge is -2.13. The van der Waals surface area contributed by atoms with Crippen molar-refractivity contribution in [1.82, 2.24) is 4.90 Å².